The number of hydrogen-bond donors (Lipinski definition) is 0. The van der Waals surface area contributed by atoms with Gasteiger partial charge in [0, 0.05) is 15.9 Å². The molecule has 0 spiro atoms. The second-order valence-electron chi connectivity index (χ2n) is 10.7. The summed E-state index contributed by atoms with van der Waals surface area (Å²) in [6.07, 6.45) is 2.02. The van der Waals surface area contributed by atoms with Crippen molar-refractivity contribution in [2.24, 2.45) is 5.41 Å². The predicted octanol–water partition coefficient (Wildman–Crippen LogP) is 8.69. The fourth-order valence-electron chi connectivity index (χ4n) is 4.66. The van der Waals surface area contributed by atoms with Crippen LogP contribution in [0.3, 0.4) is 0 Å². The Bertz CT molecular complexity index is 1290. The maximum atomic E-state index is 12.5. The van der Waals surface area contributed by atoms with Gasteiger partial charge in [-0.2, -0.15) is 0 Å². The van der Waals surface area contributed by atoms with E-state index in [1.165, 1.54) is 12.0 Å². The third-order valence-electron chi connectivity index (χ3n) is 7.10. The van der Waals surface area contributed by atoms with Gasteiger partial charge in [-0.05, 0) is 72.9 Å². The van der Waals surface area contributed by atoms with Crippen LogP contribution in [0.15, 0.2) is 36.4 Å². The summed E-state index contributed by atoms with van der Waals surface area (Å²) in [4.78, 5) is 27.0. The Hall–Kier alpha value is -2.92. The van der Waals surface area contributed by atoms with Crippen molar-refractivity contribution >= 4 is 23.1 Å². The van der Waals surface area contributed by atoms with Gasteiger partial charge in [0.05, 0.1) is 7.11 Å². The standard InChI is InChI=1S/C32H40O4S/c1-10-22(11-2)30-27(21(5)29(37-30)31(34)35-9)23-15-16-24(20(4)17-23)25-14-12-13-19(3)28(25)36-18-26(33)32(6,7)8/h12-17,22H,10-11,18H2,1-9H3. The first-order valence-electron chi connectivity index (χ1n) is 13.0. The summed E-state index contributed by atoms with van der Waals surface area (Å²) in [7, 11) is 1.44. The molecule has 3 rings (SSSR count). The van der Waals surface area contributed by atoms with E-state index >= 15 is 0 Å². The minimum absolute atomic E-state index is 0.0433. The van der Waals surface area contributed by atoms with E-state index < -0.39 is 5.41 Å². The molecule has 0 amide bonds. The topological polar surface area (TPSA) is 52.6 Å². The zero-order valence-electron chi connectivity index (χ0n) is 23.7. The molecule has 0 saturated carbocycles. The summed E-state index contributed by atoms with van der Waals surface area (Å²) in [5.74, 6) is 0.917. The largest absolute Gasteiger partial charge is 0.485 e. The molecule has 2 aromatic carbocycles. The number of para-hydroxylation sites is 1. The Kier molecular flexibility index (Phi) is 9.01. The molecule has 0 fully saturated rings. The van der Waals surface area contributed by atoms with Crippen LogP contribution in [0.1, 0.15) is 84.6 Å². The zero-order chi connectivity index (χ0) is 27.5. The lowest BCUT2D eigenvalue weighted by atomic mass is 9.89. The molecule has 0 aliphatic carbocycles. The van der Waals surface area contributed by atoms with Crippen molar-refractivity contribution in [1.29, 1.82) is 0 Å². The second kappa shape index (κ2) is 11.6. The molecule has 5 heteroatoms. The zero-order valence-corrected chi connectivity index (χ0v) is 24.5. The summed E-state index contributed by atoms with van der Waals surface area (Å²) >= 11 is 1.57. The third-order valence-corrected chi connectivity index (χ3v) is 8.54. The summed E-state index contributed by atoms with van der Waals surface area (Å²) in [5.41, 5.74) is 6.92. The summed E-state index contributed by atoms with van der Waals surface area (Å²) in [6, 6.07) is 12.5. The van der Waals surface area contributed by atoms with Gasteiger partial charge in [-0.1, -0.05) is 71.0 Å². The quantitative estimate of drug-likeness (QED) is 0.265. The Labute approximate surface area is 226 Å². The van der Waals surface area contributed by atoms with Crippen LogP contribution in [0.5, 0.6) is 5.75 Å². The van der Waals surface area contributed by atoms with Crippen LogP contribution in [-0.4, -0.2) is 25.5 Å². The molecule has 1 aromatic heterocycles. The number of benzene rings is 2. The van der Waals surface area contributed by atoms with E-state index in [4.69, 9.17) is 9.47 Å². The van der Waals surface area contributed by atoms with Crippen molar-refractivity contribution in [3.8, 4) is 28.0 Å². The molecular weight excluding hydrogens is 480 g/mol. The van der Waals surface area contributed by atoms with Crippen molar-refractivity contribution in [3.05, 3.63) is 62.8 Å². The summed E-state index contributed by atoms with van der Waals surface area (Å²) < 4.78 is 11.2. The van der Waals surface area contributed by atoms with Gasteiger partial charge in [-0.25, -0.2) is 4.79 Å². The Balaban J connectivity index is 2.09. The fourth-order valence-corrected chi connectivity index (χ4v) is 6.18. The van der Waals surface area contributed by atoms with Gasteiger partial charge >= 0.3 is 5.97 Å². The number of carbonyl (C=O) groups excluding carboxylic acids is 2. The Morgan fingerprint density at radius 1 is 0.946 bits per heavy atom. The van der Waals surface area contributed by atoms with Gasteiger partial charge in [0.2, 0.25) is 0 Å². The number of ketones is 1. The number of esters is 1. The molecule has 0 radical (unpaired) electrons. The lowest BCUT2D eigenvalue weighted by molar-refractivity contribution is -0.128. The normalized spacial score (nSPS) is 11.6. The Morgan fingerprint density at radius 3 is 2.19 bits per heavy atom. The second-order valence-corrected chi connectivity index (χ2v) is 11.8. The molecule has 0 aliphatic rings. The summed E-state index contributed by atoms with van der Waals surface area (Å²) in [5, 5.41) is 0. The highest BCUT2D eigenvalue weighted by atomic mass is 32.1. The van der Waals surface area contributed by atoms with Crippen LogP contribution < -0.4 is 4.74 Å². The number of carbonyl (C=O) groups is 2. The first-order chi connectivity index (χ1) is 17.4. The molecule has 0 bridgehead atoms. The van der Waals surface area contributed by atoms with Gasteiger partial charge in [-0.3, -0.25) is 4.79 Å². The molecule has 1 heterocycles. The van der Waals surface area contributed by atoms with Gasteiger partial charge < -0.3 is 9.47 Å². The SMILES string of the molecule is CCC(CC)c1sc(C(=O)OC)c(C)c1-c1ccc(-c2cccc(C)c2OCC(=O)C(C)(C)C)c(C)c1. The van der Waals surface area contributed by atoms with Gasteiger partial charge in [0.1, 0.15) is 17.2 Å². The molecule has 37 heavy (non-hydrogen) atoms. The fraction of sp³-hybridized carbons (Fsp3) is 0.438. The molecule has 0 N–H and O–H groups in total. The first-order valence-corrected chi connectivity index (χ1v) is 13.8. The molecule has 4 nitrogen and oxygen atoms in total. The monoisotopic (exact) mass is 520 g/mol. The number of ether oxygens (including phenoxy) is 2. The Morgan fingerprint density at radius 2 is 1.62 bits per heavy atom. The minimum Gasteiger partial charge on any atom is -0.485 e. The van der Waals surface area contributed by atoms with E-state index in [1.54, 1.807) is 11.3 Å². The van der Waals surface area contributed by atoms with E-state index in [1.807, 2.05) is 52.8 Å². The van der Waals surface area contributed by atoms with Gasteiger partial charge in [0.15, 0.2) is 5.78 Å². The van der Waals surface area contributed by atoms with Crippen molar-refractivity contribution in [1.82, 2.24) is 0 Å². The highest BCUT2D eigenvalue weighted by molar-refractivity contribution is 7.14. The van der Waals surface area contributed by atoms with Crippen LogP contribution in [0, 0.1) is 26.2 Å². The number of hydrogen-bond acceptors (Lipinski definition) is 5. The molecule has 0 unspecified atom stereocenters. The lowest BCUT2D eigenvalue weighted by Crippen LogP contribution is -2.26. The predicted molar refractivity (Wildman–Crippen MR) is 154 cm³/mol. The third kappa shape index (κ3) is 5.98. The smallest absolute Gasteiger partial charge is 0.348 e. The van der Waals surface area contributed by atoms with Gasteiger partial charge in [-0.15, -0.1) is 11.3 Å². The minimum atomic E-state index is -0.450. The number of Topliss-reactive ketones (excluding diaryl/α,β-unsaturated/α-hetero) is 1. The number of thiophene rings is 1. The van der Waals surface area contributed by atoms with Crippen LogP contribution in [-0.2, 0) is 9.53 Å². The number of aryl methyl sites for hydroxylation is 2. The van der Waals surface area contributed by atoms with E-state index in [-0.39, 0.29) is 18.4 Å². The van der Waals surface area contributed by atoms with Crippen molar-refractivity contribution in [2.45, 2.75) is 74.1 Å². The molecule has 0 saturated heterocycles. The van der Waals surface area contributed by atoms with Crippen molar-refractivity contribution in [2.75, 3.05) is 13.7 Å². The maximum Gasteiger partial charge on any atom is 0.348 e. The molecule has 198 valence electrons. The molecule has 3 aromatic rings. The number of methoxy groups -OCH3 is 1. The van der Waals surface area contributed by atoms with Crippen molar-refractivity contribution in [3.63, 3.8) is 0 Å². The molecule has 0 atom stereocenters. The van der Waals surface area contributed by atoms with E-state index in [0.717, 1.165) is 57.5 Å². The highest BCUT2D eigenvalue weighted by Crippen LogP contribution is 2.44. The lowest BCUT2D eigenvalue weighted by Gasteiger charge is -2.20. The van der Waals surface area contributed by atoms with Crippen LogP contribution in [0.4, 0.5) is 0 Å². The molecule has 0 aliphatic heterocycles. The summed E-state index contributed by atoms with van der Waals surface area (Å²) in [6.45, 7) is 16.3. The highest BCUT2D eigenvalue weighted by Gasteiger charge is 2.26. The number of rotatable bonds is 9. The van der Waals surface area contributed by atoms with E-state index in [9.17, 15) is 9.59 Å². The first kappa shape index (κ1) is 28.6. The molecular formula is C32H40O4S. The van der Waals surface area contributed by atoms with E-state index in [0.29, 0.717) is 10.8 Å². The average Bonchev–Trinajstić information content (AvgIpc) is 3.19. The van der Waals surface area contributed by atoms with Gasteiger partial charge in [0.25, 0.3) is 0 Å². The average molecular weight is 521 g/mol. The van der Waals surface area contributed by atoms with E-state index in [2.05, 4.69) is 39.0 Å². The van der Waals surface area contributed by atoms with Crippen LogP contribution in [0.2, 0.25) is 0 Å². The van der Waals surface area contributed by atoms with Crippen LogP contribution in [0.25, 0.3) is 22.3 Å². The van der Waals surface area contributed by atoms with Crippen molar-refractivity contribution < 1.29 is 19.1 Å². The maximum absolute atomic E-state index is 12.5. The van der Waals surface area contributed by atoms with Crippen LogP contribution >= 0.6 is 11.3 Å².